The zero-order valence-electron chi connectivity index (χ0n) is 9.03. The van der Waals surface area contributed by atoms with E-state index in [-0.39, 0.29) is 0 Å². The Balaban J connectivity index is 2.19. The van der Waals surface area contributed by atoms with Gasteiger partial charge in [0.15, 0.2) is 5.58 Å². The van der Waals surface area contributed by atoms with Crippen LogP contribution in [-0.4, -0.2) is 4.98 Å². The van der Waals surface area contributed by atoms with E-state index in [2.05, 4.69) is 4.98 Å². The summed E-state index contributed by atoms with van der Waals surface area (Å²) in [6, 6.07) is 7.46. The molecular formula is C12H9ClN2OS. The van der Waals surface area contributed by atoms with Crippen molar-refractivity contribution in [2.24, 2.45) is 0 Å². The number of thiophene rings is 1. The number of nitrogen functional groups attached to an aromatic ring is 1. The van der Waals surface area contributed by atoms with Crippen LogP contribution >= 0.6 is 22.9 Å². The van der Waals surface area contributed by atoms with Crippen molar-refractivity contribution < 1.29 is 4.42 Å². The molecule has 17 heavy (non-hydrogen) atoms. The second kappa shape index (κ2) is 3.75. The molecule has 3 aromatic rings. The molecule has 3 rings (SSSR count). The summed E-state index contributed by atoms with van der Waals surface area (Å²) < 4.78 is 5.66. The van der Waals surface area contributed by atoms with E-state index in [1.54, 1.807) is 23.5 Å². The monoisotopic (exact) mass is 264 g/mol. The van der Waals surface area contributed by atoms with E-state index in [0.29, 0.717) is 22.2 Å². The number of nitrogens with zero attached hydrogens (tertiary/aromatic N) is 1. The van der Waals surface area contributed by atoms with E-state index in [1.807, 2.05) is 19.1 Å². The van der Waals surface area contributed by atoms with Crippen molar-refractivity contribution >= 4 is 39.7 Å². The van der Waals surface area contributed by atoms with Gasteiger partial charge in [0.1, 0.15) is 5.52 Å². The predicted molar refractivity (Wildman–Crippen MR) is 71.5 cm³/mol. The van der Waals surface area contributed by atoms with Gasteiger partial charge in [-0.3, -0.25) is 0 Å². The molecule has 0 aliphatic heterocycles. The van der Waals surface area contributed by atoms with Crippen molar-refractivity contribution in [3.8, 4) is 10.8 Å². The Bertz CT molecular complexity index is 663. The van der Waals surface area contributed by atoms with Gasteiger partial charge in [-0.2, -0.15) is 0 Å². The van der Waals surface area contributed by atoms with E-state index in [4.69, 9.17) is 21.8 Å². The molecule has 2 aromatic heterocycles. The third-order valence-electron chi connectivity index (χ3n) is 2.46. The van der Waals surface area contributed by atoms with Gasteiger partial charge < -0.3 is 10.2 Å². The number of rotatable bonds is 1. The molecule has 0 unspecified atom stereocenters. The van der Waals surface area contributed by atoms with Gasteiger partial charge in [-0.1, -0.05) is 11.6 Å². The number of aryl methyl sites for hydroxylation is 1. The molecule has 0 saturated carbocycles. The maximum Gasteiger partial charge on any atom is 0.237 e. The average molecular weight is 265 g/mol. The fourth-order valence-electron chi connectivity index (χ4n) is 1.62. The van der Waals surface area contributed by atoms with Crippen LogP contribution in [0.25, 0.3) is 21.9 Å². The first kappa shape index (κ1) is 10.6. The number of fused-ring (bicyclic) bond motifs is 1. The minimum atomic E-state index is 0.500. The highest BCUT2D eigenvalue weighted by Crippen LogP contribution is 2.32. The maximum atomic E-state index is 5.94. The molecule has 0 bridgehead atoms. The van der Waals surface area contributed by atoms with Crippen LogP contribution < -0.4 is 5.73 Å². The van der Waals surface area contributed by atoms with Gasteiger partial charge in [-0.25, -0.2) is 4.98 Å². The summed E-state index contributed by atoms with van der Waals surface area (Å²) in [4.78, 5) is 6.63. The Hall–Kier alpha value is -1.52. The Morgan fingerprint density at radius 3 is 2.88 bits per heavy atom. The molecular weight excluding hydrogens is 256 g/mol. The molecule has 0 aliphatic carbocycles. The number of anilines is 1. The lowest BCUT2D eigenvalue weighted by Crippen LogP contribution is -1.84. The lowest BCUT2D eigenvalue weighted by molar-refractivity contribution is 0.622. The summed E-state index contributed by atoms with van der Waals surface area (Å²) in [6.07, 6.45) is 0. The van der Waals surface area contributed by atoms with Crippen LogP contribution in [0.4, 0.5) is 5.69 Å². The van der Waals surface area contributed by atoms with E-state index in [0.717, 1.165) is 10.4 Å². The van der Waals surface area contributed by atoms with E-state index in [9.17, 15) is 0 Å². The lowest BCUT2D eigenvalue weighted by atomic mass is 10.3. The summed E-state index contributed by atoms with van der Waals surface area (Å²) >= 11 is 7.59. The zero-order valence-corrected chi connectivity index (χ0v) is 10.6. The number of hydrogen-bond donors (Lipinski definition) is 1. The number of oxazole rings is 1. The van der Waals surface area contributed by atoms with Gasteiger partial charge >= 0.3 is 0 Å². The van der Waals surface area contributed by atoms with E-state index in [1.165, 1.54) is 4.88 Å². The number of nitrogens with two attached hydrogens (primary N) is 1. The first-order valence-corrected chi connectivity index (χ1v) is 6.25. The maximum absolute atomic E-state index is 5.94. The van der Waals surface area contributed by atoms with Gasteiger partial charge in [-0.05, 0) is 25.1 Å². The summed E-state index contributed by atoms with van der Waals surface area (Å²) in [6.45, 7) is 2.05. The van der Waals surface area contributed by atoms with Crippen LogP contribution in [0.1, 0.15) is 4.88 Å². The highest BCUT2D eigenvalue weighted by atomic mass is 35.5. The first-order chi connectivity index (χ1) is 8.13. The van der Waals surface area contributed by atoms with Crippen molar-refractivity contribution in [1.82, 2.24) is 4.98 Å². The van der Waals surface area contributed by atoms with E-state index >= 15 is 0 Å². The highest BCUT2D eigenvalue weighted by molar-refractivity contribution is 7.15. The van der Waals surface area contributed by atoms with Gasteiger partial charge in [0.05, 0.1) is 15.6 Å². The quantitative estimate of drug-likeness (QED) is 0.673. The van der Waals surface area contributed by atoms with Gasteiger partial charge in [0.2, 0.25) is 5.89 Å². The molecule has 0 atom stereocenters. The summed E-state index contributed by atoms with van der Waals surface area (Å²) in [7, 11) is 0. The molecule has 86 valence electrons. The molecule has 0 spiro atoms. The molecule has 0 radical (unpaired) electrons. The third-order valence-corrected chi connectivity index (χ3v) is 3.77. The summed E-state index contributed by atoms with van der Waals surface area (Å²) in [5, 5.41) is 0.500. The molecule has 2 N–H and O–H groups in total. The van der Waals surface area contributed by atoms with Crippen molar-refractivity contribution in [1.29, 1.82) is 0 Å². The second-order valence-electron chi connectivity index (χ2n) is 3.77. The summed E-state index contributed by atoms with van der Waals surface area (Å²) in [5.74, 6) is 0.611. The van der Waals surface area contributed by atoms with Crippen LogP contribution in [0.5, 0.6) is 0 Å². The molecule has 2 heterocycles. The molecule has 1 aromatic carbocycles. The Labute approximate surface area is 107 Å². The van der Waals surface area contributed by atoms with Crippen LogP contribution in [0.3, 0.4) is 0 Å². The van der Waals surface area contributed by atoms with Crippen LogP contribution in [-0.2, 0) is 0 Å². The Morgan fingerprint density at radius 2 is 2.18 bits per heavy atom. The van der Waals surface area contributed by atoms with Crippen molar-refractivity contribution in [2.45, 2.75) is 6.92 Å². The second-order valence-corrected chi connectivity index (χ2v) is 5.47. The Morgan fingerprint density at radius 1 is 1.35 bits per heavy atom. The van der Waals surface area contributed by atoms with Gasteiger partial charge in [-0.15, -0.1) is 11.3 Å². The van der Waals surface area contributed by atoms with Crippen LogP contribution in [0, 0.1) is 6.92 Å². The fourth-order valence-corrected chi connectivity index (χ4v) is 2.57. The minimum Gasteiger partial charge on any atom is -0.435 e. The van der Waals surface area contributed by atoms with E-state index < -0.39 is 0 Å². The number of hydrogen-bond acceptors (Lipinski definition) is 4. The third kappa shape index (κ3) is 1.79. The minimum absolute atomic E-state index is 0.500. The molecule has 3 nitrogen and oxygen atoms in total. The van der Waals surface area contributed by atoms with Crippen LogP contribution in [0.2, 0.25) is 5.02 Å². The zero-order chi connectivity index (χ0) is 12.0. The highest BCUT2D eigenvalue weighted by Gasteiger charge is 2.11. The van der Waals surface area contributed by atoms with Crippen molar-refractivity contribution in [3.63, 3.8) is 0 Å². The number of aromatic nitrogens is 1. The topological polar surface area (TPSA) is 52.0 Å². The standard InChI is InChI=1S/C12H9ClN2OS/c1-6-2-3-11(17-6)12-15-9-4-7(13)8(14)5-10(9)16-12/h2-5H,14H2,1H3. The number of halogens is 1. The average Bonchev–Trinajstić information content (AvgIpc) is 2.85. The normalized spacial score (nSPS) is 11.2. The molecule has 5 heteroatoms. The largest absolute Gasteiger partial charge is 0.435 e. The first-order valence-electron chi connectivity index (χ1n) is 5.06. The lowest BCUT2D eigenvalue weighted by Gasteiger charge is -1.94. The van der Waals surface area contributed by atoms with Gasteiger partial charge in [0.25, 0.3) is 0 Å². The predicted octanol–water partition coefficient (Wildman–Crippen LogP) is 4.10. The molecule has 0 fully saturated rings. The van der Waals surface area contributed by atoms with Crippen molar-refractivity contribution in [3.05, 3.63) is 34.2 Å². The smallest absolute Gasteiger partial charge is 0.237 e. The molecule has 0 amide bonds. The SMILES string of the molecule is Cc1ccc(-c2nc3cc(Cl)c(N)cc3o2)s1. The molecule has 0 aliphatic rings. The number of benzene rings is 1. The van der Waals surface area contributed by atoms with Crippen LogP contribution in [0.15, 0.2) is 28.7 Å². The fraction of sp³-hybridized carbons (Fsp3) is 0.0833. The van der Waals surface area contributed by atoms with Crippen molar-refractivity contribution in [2.75, 3.05) is 5.73 Å². The Kier molecular flexibility index (Phi) is 2.34. The summed E-state index contributed by atoms with van der Waals surface area (Å²) in [5.41, 5.74) is 7.61. The van der Waals surface area contributed by atoms with Gasteiger partial charge in [0, 0.05) is 10.9 Å². The molecule has 0 saturated heterocycles.